The number of nitrogen functional groups attached to an aromatic ring is 1. The van der Waals surface area contributed by atoms with Crippen LogP contribution in [0.3, 0.4) is 0 Å². The quantitative estimate of drug-likeness (QED) is 0.787. The summed E-state index contributed by atoms with van der Waals surface area (Å²) in [6.07, 6.45) is 1.55. The maximum atomic E-state index is 10.5. The van der Waals surface area contributed by atoms with Gasteiger partial charge < -0.3 is 15.3 Å². The molecule has 0 aliphatic carbocycles. The van der Waals surface area contributed by atoms with Gasteiger partial charge >= 0.3 is 5.97 Å². The van der Waals surface area contributed by atoms with Gasteiger partial charge in [0.2, 0.25) is 5.76 Å². The normalized spacial score (nSPS) is 10.3. The van der Waals surface area contributed by atoms with Crippen molar-refractivity contribution in [1.29, 1.82) is 0 Å². The van der Waals surface area contributed by atoms with E-state index in [2.05, 4.69) is 4.98 Å². The molecule has 2 aromatic rings. The molecule has 0 saturated carbocycles. The van der Waals surface area contributed by atoms with E-state index in [-0.39, 0.29) is 5.76 Å². The number of carboxylic acids is 1. The number of nitrogens with two attached hydrogens (primary N) is 1. The Morgan fingerprint density at radius 1 is 1.57 bits per heavy atom. The lowest BCUT2D eigenvalue weighted by molar-refractivity contribution is 0.0663. The van der Waals surface area contributed by atoms with Crippen LogP contribution >= 0.6 is 11.3 Å². The number of carbonyl (C=O) groups is 1. The van der Waals surface area contributed by atoms with Gasteiger partial charge in [-0.3, -0.25) is 0 Å². The van der Waals surface area contributed by atoms with Crippen LogP contribution in [-0.2, 0) is 0 Å². The van der Waals surface area contributed by atoms with Crippen LogP contribution in [0.4, 0.5) is 5.13 Å². The van der Waals surface area contributed by atoms with Gasteiger partial charge in [0.15, 0.2) is 5.13 Å². The Morgan fingerprint density at radius 3 is 2.86 bits per heavy atom. The molecule has 0 aliphatic heterocycles. The van der Waals surface area contributed by atoms with Gasteiger partial charge in [-0.1, -0.05) is 11.3 Å². The predicted molar refractivity (Wildman–Crippen MR) is 51.2 cm³/mol. The van der Waals surface area contributed by atoms with E-state index in [1.54, 1.807) is 12.3 Å². The zero-order valence-electron chi connectivity index (χ0n) is 6.93. The van der Waals surface area contributed by atoms with E-state index in [0.717, 1.165) is 4.88 Å². The Kier molecular flexibility index (Phi) is 1.97. The number of carboxylic acid groups (broad SMARTS) is 1. The molecule has 0 bridgehead atoms. The number of nitrogens with zero attached hydrogens (tertiary/aromatic N) is 1. The van der Waals surface area contributed by atoms with Crippen molar-refractivity contribution in [3.8, 4) is 10.6 Å². The second kappa shape index (κ2) is 3.15. The van der Waals surface area contributed by atoms with Crippen LogP contribution in [0.2, 0.25) is 0 Å². The minimum absolute atomic E-state index is 0.0908. The molecular weight excluding hydrogens is 204 g/mol. The molecule has 14 heavy (non-hydrogen) atoms. The molecule has 2 rings (SSSR count). The van der Waals surface area contributed by atoms with E-state index >= 15 is 0 Å². The van der Waals surface area contributed by atoms with Crippen molar-refractivity contribution in [1.82, 2.24) is 4.98 Å². The molecule has 3 N–H and O–H groups in total. The largest absolute Gasteiger partial charge is 0.475 e. The lowest BCUT2D eigenvalue weighted by atomic mass is 10.4. The lowest BCUT2D eigenvalue weighted by Gasteiger charge is -1.87. The molecule has 0 radical (unpaired) electrons. The van der Waals surface area contributed by atoms with E-state index in [4.69, 9.17) is 15.3 Å². The number of hydrogen-bond acceptors (Lipinski definition) is 5. The zero-order chi connectivity index (χ0) is 10.1. The molecule has 2 heterocycles. The predicted octanol–water partition coefficient (Wildman–Crippen LogP) is 1.68. The second-order valence-corrected chi connectivity index (χ2v) is 3.59. The molecule has 0 spiro atoms. The summed E-state index contributed by atoms with van der Waals surface area (Å²) in [5, 5.41) is 9.04. The number of aromatic nitrogens is 1. The first-order chi connectivity index (χ1) is 6.66. The number of anilines is 1. The van der Waals surface area contributed by atoms with Crippen molar-refractivity contribution in [3.05, 3.63) is 24.1 Å². The molecular formula is C8H6N2O3S. The standard InChI is InChI=1S/C8H6N2O3S/c9-8-10-3-6(14-8)4-1-2-5(13-4)7(11)12/h1-3H,(H2,9,10)(H,11,12). The maximum Gasteiger partial charge on any atom is 0.371 e. The fraction of sp³-hybridized carbons (Fsp3) is 0. The molecule has 2 aromatic heterocycles. The SMILES string of the molecule is Nc1ncc(-c2ccc(C(=O)O)o2)s1. The van der Waals surface area contributed by atoms with Crippen molar-refractivity contribution >= 4 is 22.4 Å². The van der Waals surface area contributed by atoms with Crippen LogP contribution in [0.1, 0.15) is 10.6 Å². The number of aromatic carboxylic acids is 1. The summed E-state index contributed by atoms with van der Waals surface area (Å²) in [6, 6.07) is 2.98. The van der Waals surface area contributed by atoms with Gasteiger partial charge in [0.05, 0.1) is 11.1 Å². The molecule has 0 amide bonds. The van der Waals surface area contributed by atoms with Gasteiger partial charge in [-0.25, -0.2) is 9.78 Å². The minimum atomic E-state index is -1.09. The Bertz CT molecular complexity index is 474. The van der Waals surface area contributed by atoms with Crippen LogP contribution in [0, 0.1) is 0 Å². The van der Waals surface area contributed by atoms with Crippen molar-refractivity contribution < 1.29 is 14.3 Å². The average molecular weight is 210 g/mol. The molecule has 0 unspecified atom stereocenters. The van der Waals surface area contributed by atoms with Gasteiger partial charge in [0.1, 0.15) is 5.76 Å². The first kappa shape index (κ1) is 8.76. The first-order valence-corrected chi connectivity index (χ1v) is 4.53. The van der Waals surface area contributed by atoms with Gasteiger partial charge in [-0.2, -0.15) is 0 Å². The Hall–Kier alpha value is -1.82. The van der Waals surface area contributed by atoms with Crippen LogP contribution in [0.25, 0.3) is 10.6 Å². The summed E-state index contributed by atoms with van der Waals surface area (Å²) in [5.41, 5.74) is 5.43. The van der Waals surface area contributed by atoms with E-state index in [0.29, 0.717) is 10.9 Å². The molecule has 72 valence electrons. The van der Waals surface area contributed by atoms with Crippen LogP contribution in [0.5, 0.6) is 0 Å². The monoisotopic (exact) mass is 210 g/mol. The summed E-state index contributed by atoms with van der Waals surface area (Å²) in [7, 11) is 0. The molecule has 6 heteroatoms. The Morgan fingerprint density at radius 2 is 2.36 bits per heavy atom. The highest BCUT2D eigenvalue weighted by Gasteiger charge is 2.11. The van der Waals surface area contributed by atoms with Crippen molar-refractivity contribution in [2.75, 3.05) is 5.73 Å². The van der Waals surface area contributed by atoms with Crippen molar-refractivity contribution in [2.24, 2.45) is 0 Å². The third kappa shape index (κ3) is 1.47. The van der Waals surface area contributed by atoms with E-state index in [1.165, 1.54) is 17.4 Å². The Balaban J connectivity index is 2.38. The van der Waals surface area contributed by atoms with Crippen molar-refractivity contribution in [2.45, 2.75) is 0 Å². The van der Waals surface area contributed by atoms with E-state index < -0.39 is 5.97 Å². The summed E-state index contributed by atoms with van der Waals surface area (Å²) < 4.78 is 5.06. The van der Waals surface area contributed by atoms with E-state index in [9.17, 15) is 4.79 Å². The number of thiazole rings is 1. The average Bonchev–Trinajstić information content (AvgIpc) is 2.70. The first-order valence-electron chi connectivity index (χ1n) is 3.71. The molecule has 0 aromatic carbocycles. The number of furan rings is 1. The molecule has 0 atom stereocenters. The lowest BCUT2D eigenvalue weighted by Crippen LogP contribution is -1.91. The second-order valence-electron chi connectivity index (χ2n) is 2.53. The third-order valence-electron chi connectivity index (χ3n) is 1.58. The molecule has 5 nitrogen and oxygen atoms in total. The van der Waals surface area contributed by atoms with Crippen LogP contribution in [0.15, 0.2) is 22.7 Å². The van der Waals surface area contributed by atoms with Gasteiger partial charge in [-0.15, -0.1) is 0 Å². The highest BCUT2D eigenvalue weighted by Crippen LogP contribution is 2.28. The number of rotatable bonds is 2. The third-order valence-corrected chi connectivity index (χ3v) is 2.42. The molecule has 0 fully saturated rings. The van der Waals surface area contributed by atoms with E-state index in [1.807, 2.05) is 0 Å². The number of hydrogen-bond donors (Lipinski definition) is 2. The van der Waals surface area contributed by atoms with Crippen LogP contribution in [-0.4, -0.2) is 16.1 Å². The minimum Gasteiger partial charge on any atom is -0.475 e. The Labute approximate surface area is 82.8 Å². The van der Waals surface area contributed by atoms with Gasteiger partial charge in [-0.05, 0) is 12.1 Å². The highest BCUT2D eigenvalue weighted by molar-refractivity contribution is 7.18. The smallest absolute Gasteiger partial charge is 0.371 e. The zero-order valence-corrected chi connectivity index (χ0v) is 7.75. The highest BCUT2D eigenvalue weighted by atomic mass is 32.1. The van der Waals surface area contributed by atoms with Gasteiger partial charge in [0, 0.05) is 0 Å². The summed E-state index contributed by atoms with van der Waals surface area (Å²) in [4.78, 5) is 15.1. The fourth-order valence-electron chi connectivity index (χ4n) is 0.987. The maximum absolute atomic E-state index is 10.5. The van der Waals surface area contributed by atoms with Gasteiger partial charge in [0.25, 0.3) is 0 Å². The summed E-state index contributed by atoms with van der Waals surface area (Å²) >= 11 is 1.25. The molecule has 0 aliphatic rings. The fourth-order valence-corrected chi connectivity index (χ4v) is 1.63. The molecule has 0 saturated heterocycles. The summed E-state index contributed by atoms with van der Waals surface area (Å²) in [5.74, 6) is -0.711. The topological polar surface area (TPSA) is 89.3 Å². The van der Waals surface area contributed by atoms with Crippen LogP contribution < -0.4 is 5.73 Å². The summed E-state index contributed by atoms with van der Waals surface area (Å²) in [6.45, 7) is 0. The van der Waals surface area contributed by atoms with Crippen molar-refractivity contribution in [3.63, 3.8) is 0 Å².